The van der Waals surface area contributed by atoms with Gasteiger partial charge in [-0.1, -0.05) is 41.1 Å². The van der Waals surface area contributed by atoms with Crippen molar-refractivity contribution in [3.63, 3.8) is 0 Å². The second-order valence-electron chi connectivity index (χ2n) is 5.51. The molecule has 2 rings (SSSR count). The molecule has 0 aliphatic carbocycles. The van der Waals surface area contributed by atoms with E-state index < -0.39 is 10.0 Å². The summed E-state index contributed by atoms with van der Waals surface area (Å²) in [7, 11) is -3.85. The lowest BCUT2D eigenvalue weighted by molar-refractivity contribution is 0.0934. The van der Waals surface area contributed by atoms with E-state index in [1.165, 1.54) is 12.1 Å². The van der Waals surface area contributed by atoms with E-state index in [1.54, 1.807) is 13.0 Å². The first-order chi connectivity index (χ1) is 11.2. The number of rotatable bonds is 5. The lowest BCUT2D eigenvalue weighted by Gasteiger charge is -2.18. The molecule has 7 heteroatoms. The van der Waals surface area contributed by atoms with E-state index in [1.807, 2.05) is 31.2 Å². The summed E-state index contributed by atoms with van der Waals surface area (Å²) < 4.78 is 23.9. The van der Waals surface area contributed by atoms with Crippen LogP contribution in [0.5, 0.6) is 0 Å². The van der Waals surface area contributed by atoms with Gasteiger partial charge in [0.1, 0.15) is 0 Å². The van der Waals surface area contributed by atoms with Gasteiger partial charge in [-0.2, -0.15) is 0 Å². The van der Waals surface area contributed by atoms with Crippen molar-refractivity contribution < 1.29 is 13.2 Å². The maximum Gasteiger partial charge on any atom is 0.252 e. The molecule has 24 heavy (non-hydrogen) atoms. The Hall–Kier alpha value is -1.70. The van der Waals surface area contributed by atoms with Gasteiger partial charge in [-0.3, -0.25) is 4.79 Å². The number of carbonyl (C=O) groups excluding carboxylic acids is 1. The number of aryl methyl sites for hydroxylation is 1. The van der Waals surface area contributed by atoms with Crippen molar-refractivity contribution in [1.82, 2.24) is 5.32 Å². The summed E-state index contributed by atoms with van der Waals surface area (Å²) >= 11 is 3.38. The van der Waals surface area contributed by atoms with E-state index in [0.717, 1.165) is 10.0 Å². The zero-order valence-corrected chi connectivity index (χ0v) is 15.8. The number of nitrogens with two attached hydrogens (primary N) is 1. The van der Waals surface area contributed by atoms with E-state index in [9.17, 15) is 13.2 Å². The van der Waals surface area contributed by atoms with E-state index in [0.29, 0.717) is 17.5 Å². The Balaban J connectivity index is 2.29. The van der Waals surface area contributed by atoms with Crippen LogP contribution in [0.3, 0.4) is 0 Å². The van der Waals surface area contributed by atoms with Crippen molar-refractivity contribution in [2.45, 2.75) is 31.2 Å². The second kappa shape index (κ2) is 7.46. The standard InChI is InChI=1S/C17H19BrN2O3S/c1-3-16(12-5-7-13(18)8-6-12)20-17(21)15-10-14(24(19,22)23)9-4-11(15)2/h4-10,16H,3H2,1-2H3,(H,20,21)(H2,19,22,23)/t16-/m0/s1. The van der Waals surface area contributed by atoms with Crippen molar-refractivity contribution in [3.8, 4) is 0 Å². The zero-order chi connectivity index (χ0) is 17.9. The van der Waals surface area contributed by atoms with Crippen LogP contribution in [0.25, 0.3) is 0 Å². The molecule has 128 valence electrons. The third kappa shape index (κ3) is 4.43. The quantitative estimate of drug-likeness (QED) is 0.791. The van der Waals surface area contributed by atoms with Crippen molar-refractivity contribution in [2.24, 2.45) is 5.14 Å². The van der Waals surface area contributed by atoms with Crippen LogP contribution in [0.2, 0.25) is 0 Å². The highest BCUT2D eigenvalue weighted by molar-refractivity contribution is 9.10. The van der Waals surface area contributed by atoms with Crippen LogP contribution in [0, 0.1) is 6.92 Å². The number of sulfonamides is 1. The third-order valence-corrected chi connectivity index (χ3v) is 5.21. The summed E-state index contributed by atoms with van der Waals surface area (Å²) in [6, 6.07) is 11.8. The number of nitrogens with one attached hydrogen (secondary N) is 1. The fourth-order valence-corrected chi connectivity index (χ4v) is 3.18. The summed E-state index contributed by atoms with van der Waals surface area (Å²) in [4.78, 5) is 12.5. The van der Waals surface area contributed by atoms with Crippen LogP contribution in [0.1, 0.15) is 40.9 Å². The van der Waals surface area contributed by atoms with E-state index in [-0.39, 0.29) is 16.8 Å². The Morgan fingerprint density at radius 1 is 1.21 bits per heavy atom. The Labute approximate surface area is 150 Å². The lowest BCUT2D eigenvalue weighted by Crippen LogP contribution is -2.29. The average molecular weight is 411 g/mol. The molecule has 3 N–H and O–H groups in total. The minimum Gasteiger partial charge on any atom is -0.345 e. The van der Waals surface area contributed by atoms with Crippen LogP contribution in [0.15, 0.2) is 51.8 Å². The van der Waals surface area contributed by atoms with E-state index >= 15 is 0 Å². The molecule has 2 aromatic rings. The van der Waals surface area contributed by atoms with Gasteiger partial charge in [-0.05, 0) is 48.7 Å². The van der Waals surface area contributed by atoms with Gasteiger partial charge in [0.25, 0.3) is 5.91 Å². The molecular formula is C17H19BrN2O3S. The SMILES string of the molecule is CC[C@H](NC(=O)c1cc(S(N)(=O)=O)ccc1C)c1ccc(Br)cc1. The largest absolute Gasteiger partial charge is 0.345 e. The van der Waals surface area contributed by atoms with Gasteiger partial charge < -0.3 is 5.32 Å². The van der Waals surface area contributed by atoms with Crippen molar-refractivity contribution >= 4 is 31.9 Å². The first kappa shape index (κ1) is 18.6. The molecule has 5 nitrogen and oxygen atoms in total. The van der Waals surface area contributed by atoms with Crippen LogP contribution in [-0.2, 0) is 10.0 Å². The molecule has 1 atom stereocenters. The summed E-state index contributed by atoms with van der Waals surface area (Å²) in [6.45, 7) is 3.73. The van der Waals surface area contributed by atoms with Gasteiger partial charge in [0, 0.05) is 10.0 Å². The molecule has 0 spiro atoms. The molecule has 0 heterocycles. The van der Waals surface area contributed by atoms with Crippen molar-refractivity contribution in [2.75, 3.05) is 0 Å². The highest BCUT2D eigenvalue weighted by Gasteiger charge is 2.18. The Kier molecular flexibility index (Phi) is 5.79. The average Bonchev–Trinajstić information content (AvgIpc) is 2.52. The molecule has 0 unspecified atom stereocenters. The molecule has 0 aliphatic rings. The summed E-state index contributed by atoms with van der Waals surface area (Å²) in [5, 5.41) is 8.09. The predicted molar refractivity (Wildman–Crippen MR) is 97.2 cm³/mol. The fraction of sp³-hybridized carbons (Fsp3) is 0.235. The minimum absolute atomic E-state index is 0.0741. The number of benzene rings is 2. The predicted octanol–water partition coefficient (Wildman–Crippen LogP) is 3.29. The molecule has 0 aromatic heterocycles. The van der Waals surface area contributed by atoms with Gasteiger partial charge in [0.15, 0.2) is 0 Å². The van der Waals surface area contributed by atoms with Crippen molar-refractivity contribution in [3.05, 3.63) is 63.6 Å². The molecule has 0 bridgehead atoms. The summed E-state index contributed by atoms with van der Waals surface area (Å²) in [5.41, 5.74) is 1.97. The van der Waals surface area contributed by atoms with Gasteiger partial charge in [-0.25, -0.2) is 13.6 Å². The maximum absolute atomic E-state index is 12.6. The third-order valence-electron chi connectivity index (χ3n) is 3.77. The van der Waals surface area contributed by atoms with Gasteiger partial charge in [0.05, 0.1) is 10.9 Å². The molecule has 0 aliphatic heterocycles. The highest BCUT2D eigenvalue weighted by atomic mass is 79.9. The van der Waals surface area contributed by atoms with Gasteiger partial charge >= 0.3 is 0 Å². The number of hydrogen-bond acceptors (Lipinski definition) is 3. The number of hydrogen-bond donors (Lipinski definition) is 2. The monoisotopic (exact) mass is 410 g/mol. The second-order valence-corrected chi connectivity index (χ2v) is 7.98. The maximum atomic E-state index is 12.6. The molecule has 0 fully saturated rings. The van der Waals surface area contributed by atoms with Crippen LogP contribution in [-0.4, -0.2) is 14.3 Å². The van der Waals surface area contributed by atoms with Gasteiger partial charge in [-0.15, -0.1) is 0 Å². The molecular weight excluding hydrogens is 392 g/mol. The summed E-state index contributed by atoms with van der Waals surface area (Å²) in [5.74, 6) is -0.326. The van der Waals surface area contributed by atoms with Crippen molar-refractivity contribution in [1.29, 1.82) is 0 Å². The van der Waals surface area contributed by atoms with Crippen LogP contribution >= 0.6 is 15.9 Å². The van der Waals surface area contributed by atoms with Gasteiger partial charge in [0.2, 0.25) is 10.0 Å². The van der Waals surface area contributed by atoms with Crippen LogP contribution < -0.4 is 10.5 Å². The molecule has 0 saturated heterocycles. The lowest BCUT2D eigenvalue weighted by atomic mass is 10.0. The topological polar surface area (TPSA) is 89.3 Å². The first-order valence-corrected chi connectivity index (χ1v) is 9.76. The molecule has 0 radical (unpaired) electrons. The Bertz CT molecular complexity index is 849. The van der Waals surface area contributed by atoms with E-state index in [4.69, 9.17) is 5.14 Å². The molecule has 2 aromatic carbocycles. The van der Waals surface area contributed by atoms with Crippen LogP contribution in [0.4, 0.5) is 0 Å². The highest BCUT2D eigenvalue weighted by Crippen LogP contribution is 2.21. The first-order valence-electron chi connectivity index (χ1n) is 7.42. The smallest absolute Gasteiger partial charge is 0.252 e. The Morgan fingerprint density at radius 3 is 2.38 bits per heavy atom. The minimum atomic E-state index is -3.85. The van der Waals surface area contributed by atoms with E-state index in [2.05, 4.69) is 21.2 Å². The molecule has 1 amide bonds. The Morgan fingerprint density at radius 2 is 1.83 bits per heavy atom. The zero-order valence-electron chi connectivity index (χ0n) is 13.4. The fourth-order valence-electron chi connectivity index (χ4n) is 2.37. The number of primary sulfonamides is 1. The number of halogens is 1. The number of amides is 1. The molecule has 0 saturated carbocycles. The summed E-state index contributed by atoms with van der Waals surface area (Å²) in [6.07, 6.45) is 0.710. The normalized spacial score (nSPS) is 12.7. The number of carbonyl (C=O) groups is 1.